The minimum absolute atomic E-state index is 0.00272. The van der Waals surface area contributed by atoms with Gasteiger partial charge in [-0.3, -0.25) is 81.5 Å². The first kappa shape index (κ1) is 105. The second kappa shape index (κ2) is 53.5. The van der Waals surface area contributed by atoms with E-state index >= 15 is 0 Å². The number of thioether (sulfide) groups is 1. The highest BCUT2D eigenvalue weighted by atomic mass is 32.2. The third-order valence-corrected chi connectivity index (χ3v) is 19.8. The predicted molar refractivity (Wildman–Crippen MR) is 436 cm³/mol. The second-order valence-electron chi connectivity index (χ2n) is 30.1. The number of aliphatic carboxylic acids is 2. The first-order valence-corrected chi connectivity index (χ1v) is 41.1. The van der Waals surface area contributed by atoms with Crippen LogP contribution in [0.1, 0.15) is 130 Å². The smallest absolute Gasteiger partial charge is 0.328 e. The van der Waals surface area contributed by atoms with Gasteiger partial charge in [0.1, 0.15) is 78.3 Å². The molecule has 0 bridgehead atoms. The number of rotatable bonds is 55. The fourth-order valence-electron chi connectivity index (χ4n) is 12.4. The van der Waals surface area contributed by atoms with Crippen LogP contribution in [0.25, 0.3) is 0 Å². The second-order valence-corrected chi connectivity index (χ2v) is 31.1. The number of amides is 16. The third kappa shape index (κ3) is 36.6. The Labute approximate surface area is 708 Å². The average molecular weight is 1750 g/mol. The SMILES string of the molecule is CSCC[C@H](NC(=O)[C@H](Cc1ccccc1)NC(=O)CNC(=O)CNC(=O)[C@@H](N)Cc1ccc(O)cc1)C(=O)NC(C(=O)N[C@@H](CO)C(=O)N[C@@H](CCC(=O)O)C(=O)N[C@@H](CCCCN)C(=O)N[C@@H](CO)C(=O)N[C@@H](CCC(N)=O)C(=O)NC(C(=O)N1CCC[C@H]1C(=O)N[C@@H](CC(C)C)C(=O)N[C@H](C(=O)NC(C(=O)O)[C@@H](C)O)C(C)C)[C@@H](C)O)[C@@H](C)O. The Kier molecular flexibility index (Phi) is 46.0. The number of carbonyl (C=O) groups is 18. The van der Waals surface area contributed by atoms with Crippen LogP contribution in [0.5, 0.6) is 5.75 Å². The molecule has 3 unspecified atom stereocenters. The topological polar surface area (TPSA) is 719 Å². The molecule has 1 aliphatic rings. The quantitative estimate of drug-likeness (QED) is 0.0274. The van der Waals surface area contributed by atoms with Crippen molar-refractivity contribution >= 4 is 118 Å². The van der Waals surface area contributed by atoms with E-state index in [1.54, 1.807) is 76.4 Å². The molecule has 45 heteroatoms. The number of phenols is 1. The third-order valence-electron chi connectivity index (χ3n) is 19.2. The maximum absolute atomic E-state index is 14.4. The normalized spacial score (nSPS) is 16.4. The summed E-state index contributed by atoms with van der Waals surface area (Å²) in [4.78, 5) is 245. The molecule has 1 aliphatic heterocycles. The van der Waals surface area contributed by atoms with Gasteiger partial charge in [0.05, 0.1) is 50.7 Å². The molecule has 680 valence electrons. The van der Waals surface area contributed by atoms with Crippen molar-refractivity contribution in [2.24, 2.45) is 29.0 Å². The number of aliphatic hydroxyl groups is 5. The van der Waals surface area contributed by atoms with Crippen molar-refractivity contribution in [2.75, 3.05) is 51.4 Å². The molecule has 2 aromatic rings. The Balaban J connectivity index is 1.81. The molecule has 0 radical (unpaired) electrons. The largest absolute Gasteiger partial charge is 0.508 e. The lowest BCUT2D eigenvalue weighted by Gasteiger charge is -2.32. The molecule has 1 fully saturated rings. The van der Waals surface area contributed by atoms with Crippen molar-refractivity contribution in [3.63, 3.8) is 0 Å². The Morgan fingerprint density at radius 1 is 0.475 bits per heavy atom. The van der Waals surface area contributed by atoms with Crippen LogP contribution in [0, 0.1) is 11.8 Å². The number of carbonyl (C=O) groups excluding carboxylic acids is 16. The number of likely N-dealkylation sites (tertiary alicyclic amines) is 1. The van der Waals surface area contributed by atoms with Gasteiger partial charge in [-0.1, -0.05) is 70.2 Å². The van der Waals surface area contributed by atoms with Gasteiger partial charge in [0.2, 0.25) is 94.5 Å². The summed E-state index contributed by atoms with van der Waals surface area (Å²) in [6.45, 7) is 5.99. The lowest BCUT2D eigenvalue weighted by atomic mass is 9.99. The zero-order chi connectivity index (χ0) is 91.8. The molecule has 0 saturated carbocycles. The van der Waals surface area contributed by atoms with Crippen LogP contribution in [0.2, 0.25) is 0 Å². The molecule has 17 atom stereocenters. The van der Waals surface area contributed by atoms with Crippen molar-refractivity contribution in [2.45, 2.75) is 235 Å². The Morgan fingerprint density at radius 3 is 1.43 bits per heavy atom. The minimum atomic E-state index is -2.05. The molecule has 0 aliphatic carbocycles. The van der Waals surface area contributed by atoms with Crippen LogP contribution in [0.4, 0.5) is 0 Å². The number of hydrogen-bond donors (Lipinski definition) is 25. The lowest BCUT2D eigenvalue weighted by molar-refractivity contribution is -0.145. The average Bonchev–Trinajstić information content (AvgIpc) is 1.63. The van der Waals surface area contributed by atoms with E-state index in [1.165, 1.54) is 23.9 Å². The maximum atomic E-state index is 14.4. The van der Waals surface area contributed by atoms with Crippen LogP contribution in [0.15, 0.2) is 54.6 Å². The fourth-order valence-corrected chi connectivity index (χ4v) is 12.8. The number of nitrogens with one attached hydrogen (secondary N) is 14. The summed E-state index contributed by atoms with van der Waals surface area (Å²) in [5.41, 5.74) is 18.3. The monoisotopic (exact) mass is 1740 g/mol. The summed E-state index contributed by atoms with van der Waals surface area (Å²) in [6.07, 6.45) is -6.27. The van der Waals surface area contributed by atoms with Gasteiger partial charge >= 0.3 is 11.9 Å². The van der Waals surface area contributed by atoms with Gasteiger partial charge in [0.15, 0.2) is 6.04 Å². The number of aromatic hydroxyl groups is 1. The zero-order valence-electron chi connectivity index (χ0n) is 69.3. The highest BCUT2D eigenvalue weighted by Gasteiger charge is 2.43. The number of phenolic OH excluding ortho intramolecular Hbond substituents is 1. The molecule has 3 rings (SSSR count). The van der Waals surface area contributed by atoms with Crippen LogP contribution < -0.4 is 91.6 Å². The van der Waals surface area contributed by atoms with E-state index in [0.29, 0.717) is 11.1 Å². The van der Waals surface area contributed by atoms with E-state index < -0.39 is 267 Å². The Hall–Kier alpha value is -11.2. The number of primary amides is 1. The maximum Gasteiger partial charge on any atom is 0.328 e. The van der Waals surface area contributed by atoms with Crippen LogP contribution in [-0.2, 0) is 99.1 Å². The van der Waals surface area contributed by atoms with Crippen molar-refractivity contribution in [1.82, 2.24) is 79.3 Å². The Bertz CT molecular complexity index is 3880. The molecular weight excluding hydrogens is 1630 g/mol. The molecule has 0 spiro atoms. The van der Waals surface area contributed by atoms with Gasteiger partial charge in [0, 0.05) is 25.8 Å². The lowest BCUT2D eigenvalue weighted by Crippen LogP contribution is -2.63. The number of aliphatic hydroxyl groups excluding tert-OH is 5. The van der Waals surface area contributed by atoms with Gasteiger partial charge in [-0.25, -0.2) is 4.79 Å². The van der Waals surface area contributed by atoms with Crippen molar-refractivity contribution in [1.29, 1.82) is 0 Å². The first-order valence-electron chi connectivity index (χ1n) is 39.7. The summed E-state index contributed by atoms with van der Waals surface area (Å²) < 4.78 is 0. The van der Waals surface area contributed by atoms with Crippen molar-refractivity contribution < 1.29 is 127 Å². The molecule has 28 N–H and O–H groups in total. The molecule has 122 heavy (non-hydrogen) atoms. The molecular formula is C77H120N18O26S. The molecule has 44 nitrogen and oxygen atoms in total. The van der Waals surface area contributed by atoms with Crippen molar-refractivity contribution in [3.8, 4) is 5.75 Å². The summed E-state index contributed by atoms with van der Waals surface area (Å²) in [6, 6.07) is -9.01. The zero-order valence-corrected chi connectivity index (χ0v) is 70.1. The van der Waals surface area contributed by atoms with Gasteiger partial charge in [0.25, 0.3) is 0 Å². The fraction of sp³-hybridized carbons (Fsp3) is 0.610. The number of unbranched alkanes of at least 4 members (excludes halogenated alkanes) is 1. The van der Waals surface area contributed by atoms with Gasteiger partial charge in [-0.2, -0.15) is 11.8 Å². The van der Waals surface area contributed by atoms with Gasteiger partial charge < -0.3 is 137 Å². The number of nitrogens with zero attached hydrogens (tertiary/aromatic N) is 1. The van der Waals surface area contributed by atoms with Crippen LogP contribution in [0.3, 0.4) is 0 Å². The van der Waals surface area contributed by atoms with E-state index in [-0.39, 0.29) is 88.3 Å². The van der Waals surface area contributed by atoms with Gasteiger partial charge in [-0.05, 0) is 139 Å². The summed E-state index contributed by atoms with van der Waals surface area (Å²) in [5.74, 6) is -20.6. The number of carboxylic acid groups (broad SMARTS) is 2. The molecule has 0 aromatic heterocycles. The van der Waals surface area contributed by atoms with E-state index in [4.69, 9.17) is 17.2 Å². The standard InChI is InChI=1S/C77H120N18O26S/c1-38(2)31-51(70(113)91-60(39(3)4)74(117)94-63(42(7)100)77(120)121)88-73(116)55-18-14-29-95(55)76(119)62(41(6)99)93-67(110)48(23-25-56(80)102)85-71(114)53(36-96)89-65(108)47(17-12-13-28-78)84-66(109)49(24-26-59(105)106)86-72(115)54(37-97)90-75(118)61(40(5)98)92-68(111)50(27-30-122-8)87-69(112)52(33-43-15-10-9-11-16-43)83-58(104)35-81-57(103)34-82-64(107)46(79)32-44-19-21-45(101)22-20-44/h9-11,15-16,19-22,38-42,46-55,60-63,96-101H,12-14,17-18,23-37,78-79H2,1-8H3,(H2,80,102)(H,81,103)(H,82,107)(H,83,104)(H,84,109)(H,85,114)(H,86,115)(H,87,112)(H,88,116)(H,89,108)(H,90,118)(H,91,113)(H,92,111)(H,93,110)(H,94,117)(H,105,106)(H,120,121)/t40-,41-,42-,46+,47+,48+,49+,50+,51+,52+,53+,54+,55+,60+,61?,62?,63?/m1/s1. The number of benzene rings is 2. The highest BCUT2D eigenvalue weighted by Crippen LogP contribution is 2.22. The predicted octanol–water partition coefficient (Wildman–Crippen LogP) is -8.53. The van der Waals surface area contributed by atoms with E-state index in [0.717, 1.165) is 25.7 Å². The Morgan fingerprint density at radius 2 is 0.926 bits per heavy atom. The number of nitrogens with two attached hydrogens (primary N) is 3. The summed E-state index contributed by atoms with van der Waals surface area (Å²) in [5, 5.41) is 115. The number of carboxylic acids is 2. The van der Waals surface area contributed by atoms with E-state index in [2.05, 4.69) is 74.4 Å². The van der Waals surface area contributed by atoms with Crippen LogP contribution in [-0.4, -0.2) is 307 Å². The van der Waals surface area contributed by atoms with Crippen LogP contribution >= 0.6 is 11.8 Å². The van der Waals surface area contributed by atoms with E-state index in [1.807, 2.05) is 0 Å². The highest BCUT2D eigenvalue weighted by molar-refractivity contribution is 7.98. The summed E-state index contributed by atoms with van der Waals surface area (Å²) in [7, 11) is 0. The van der Waals surface area contributed by atoms with Crippen molar-refractivity contribution in [3.05, 3.63) is 65.7 Å². The number of hydrogen-bond acceptors (Lipinski definition) is 27. The van der Waals surface area contributed by atoms with E-state index in [9.17, 15) is 127 Å². The molecule has 1 heterocycles. The first-order chi connectivity index (χ1) is 57.5. The molecule has 1 saturated heterocycles. The molecule has 16 amide bonds. The summed E-state index contributed by atoms with van der Waals surface area (Å²) >= 11 is 1.24. The van der Waals surface area contributed by atoms with Gasteiger partial charge in [-0.15, -0.1) is 0 Å². The molecule has 2 aromatic carbocycles. The minimum Gasteiger partial charge on any atom is -0.508 e.